The van der Waals surface area contributed by atoms with Gasteiger partial charge in [0.05, 0.1) is 17.2 Å². The van der Waals surface area contributed by atoms with Crippen LogP contribution in [0.3, 0.4) is 0 Å². The molecule has 0 radical (unpaired) electrons. The van der Waals surface area contributed by atoms with Gasteiger partial charge in [0.15, 0.2) is 15.0 Å². The van der Waals surface area contributed by atoms with Gasteiger partial charge in [0.2, 0.25) is 0 Å². The predicted molar refractivity (Wildman–Crippen MR) is 57.5 cm³/mol. The molecule has 0 spiro atoms. The van der Waals surface area contributed by atoms with Crippen LogP contribution in [0.25, 0.3) is 0 Å². The molecule has 1 aromatic rings. The first-order valence-electron chi connectivity index (χ1n) is 4.74. The van der Waals surface area contributed by atoms with Crippen LogP contribution in [-0.2, 0) is 16.3 Å². The van der Waals surface area contributed by atoms with Gasteiger partial charge < -0.3 is 0 Å². The fourth-order valence-electron chi connectivity index (χ4n) is 1.78. The Morgan fingerprint density at radius 2 is 2.20 bits per heavy atom. The zero-order chi connectivity index (χ0) is 10.9. The largest absolute Gasteiger partial charge is 0.229 e. The molecule has 0 aliphatic carbocycles. The van der Waals surface area contributed by atoms with Gasteiger partial charge in [0.1, 0.15) is 0 Å². The fourth-order valence-corrected chi connectivity index (χ4v) is 3.74. The summed E-state index contributed by atoms with van der Waals surface area (Å²) in [6.45, 7) is 0. The number of halogens is 1. The standard InChI is InChI=1S/C9H11ClN2O2S/c10-9-2-1-8(11-12-9)5-7-3-4-15(13,14)6-7/h1-2,7H,3-6H2. The van der Waals surface area contributed by atoms with Crippen molar-refractivity contribution >= 4 is 21.4 Å². The lowest BCUT2D eigenvalue weighted by Crippen LogP contribution is -2.08. The molecule has 1 aliphatic rings. The van der Waals surface area contributed by atoms with E-state index in [0.29, 0.717) is 17.3 Å². The molecule has 1 aromatic heterocycles. The molecule has 0 bridgehead atoms. The van der Waals surface area contributed by atoms with Crippen LogP contribution < -0.4 is 0 Å². The minimum absolute atomic E-state index is 0.186. The van der Waals surface area contributed by atoms with E-state index in [9.17, 15) is 8.42 Å². The monoisotopic (exact) mass is 246 g/mol. The van der Waals surface area contributed by atoms with Gasteiger partial charge in [-0.25, -0.2) is 8.42 Å². The summed E-state index contributed by atoms with van der Waals surface area (Å²) in [4.78, 5) is 0. The highest BCUT2D eigenvalue weighted by molar-refractivity contribution is 7.91. The van der Waals surface area contributed by atoms with Crippen LogP contribution in [0.4, 0.5) is 0 Å². The Kier molecular flexibility index (Phi) is 2.93. The Morgan fingerprint density at radius 3 is 2.73 bits per heavy atom. The summed E-state index contributed by atoms with van der Waals surface area (Å²) in [5, 5.41) is 8.00. The van der Waals surface area contributed by atoms with Crippen molar-refractivity contribution in [1.82, 2.24) is 10.2 Å². The summed E-state index contributed by atoms with van der Waals surface area (Å²) in [5.41, 5.74) is 0.807. The minimum atomic E-state index is -2.80. The summed E-state index contributed by atoms with van der Waals surface area (Å²) in [6, 6.07) is 3.47. The van der Waals surface area contributed by atoms with Crippen LogP contribution in [0.5, 0.6) is 0 Å². The van der Waals surface area contributed by atoms with E-state index in [1.54, 1.807) is 12.1 Å². The second kappa shape index (κ2) is 4.06. The van der Waals surface area contributed by atoms with Gasteiger partial charge in [-0.3, -0.25) is 0 Å². The van der Waals surface area contributed by atoms with Gasteiger partial charge in [0.25, 0.3) is 0 Å². The highest BCUT2D eigenvalue weighted by Gasteiger charge is 2.28. The molecule has 0 aromatic carbocycles. The lowest BCUT2D eigenvalue weighted by molar-refractivity contribution is 0.573. The SMILES string of the molecule is O=S1(=O)CCC(Cc2ccc(Cl)nn2)C1. The highest BCUT2D eigenvalue weighted by atomic mass is 35.5. The fraction of sp³-hybridized carbons (Fsp3) is 0.556. The van der Waals surface area contributed by atoms with Crippen LogP contribution in [-0.4, -0.2) is 30.1 Å². The molecule has 2 heterocycles. The first-order valence-corrected chi connectivity index (χ1v) is 6.94. The summed E-state index contributed by atoms with van der Waals surface area (Å²) < 4.78 is 22.5. The average Bonchev–Trinajstić information content (AvgIpc) is 2.50. The van der Waals surface area contributed by atoms with Crippen molar-refractivity contribution in [1.29, 1.82) is 0 Å². The lowest BCUT2D eigenvalue weighted by Gasteiger charge is -2.05. The van der Waals surface area contributed by atoms with Crippen LogP contribution >= 0.6 is 11.6 Å². The van der Waals surface area contributed by atoms with Crippen molar-refractivity contribution < 1.29 is 8.42 Å². The molecule has 82 valence electrons. The quantitative estimate of drug-likeness (QED) is 0.784. The highest BCUT2D eigenvalue weighted by Crippen LogP contribution is 2.21. The van der Waals surface area contributed by atoms with E-state index in [1.807, 2.05) is 0 Å². The van der Waals surface area contributed by atoms with Crippen LogP contribution in [0.15, 0.2) is 12.1 Å². The molecule has 1 unspecified atom stereocenters. The van der Waals surface area contributed by atoms with Crippen LogP contribution in [0.1, 0.15) is 12.1 Å². The number of aromatic nitrogens is 2. The number of hydrogen-bond acceptors (Lipinski definition) is 4. The van der Waals surface area contributed by atoms with Gasteiger partial charge in [-0.05, 0) is 30.9 Å². The van der Waals surface area contributed by atoms with Crippen LogP contribution in [0, 0.1) is 5.92 Å². The van der Waals surface area contributed by atoms with Crippen LogP contribution in [0.2, 0.25) is 5.15 Å². The Morgan fingerprint density at radius 1 is 1.40 bits per heavy atom. The van der Waals surface area contributed by atoms with Gasteiger partial charge in [-0.2, -0.15) is 5.10 Å². The molecule has 1 saturated heterocycles. The molecule has 1 atom stereocenters. The molecular formula is C9H11ClN2O2S. The van der Waals surface area contributed by atoms with Crippen molar-refractivity contribution in [3.63, 3.8) is 0 Å². The molecule has 6 heteroatoms. The average molecular weight is 247 g/mol. The summed E-state index contributed by atoms with van der Waals surface area (Å²) in [6.07, 6.45) is 1.40. The molecule has 1 aliphatic heterocycles. The first kappa shape index (κ1) is 10.8. The summed E-state index contributed by atoms with van der Waals surface area (Å²) >= 11 is 5.60. The minimum Gasteiger partial charge on any atom is -0.229 e. The van der Waals surface area contributed by atoms with E-state index in [-0.39, 0.29) is 11.7 Å². The van der Waals surface area contributed by atoms with Crippen molar-refractivity contribution in [2.75, 3.05) is 11.5 Å². The topological polar surface area (TPSA) is 59.9 Å². The van der Waals surface area contributed by atoms with E-state index in [1.165, 1.54) is 0 Å². The third-order valence-corrected chi connectivity index (χ3v) is 4.55. The molecule has 4 nitrogen and oxygen atoms in total. The Labute approximate surface area is 93.6 Å². The number of nitrogens with zero attached hydrogens (tertiary/aromatic N) is 2. The molecular weight excluding hydrogens is 236 g/mol. The summed E-state index contributed by atoms with van der Waals surface area (Å²) in [7, 11) is -2.80. The van der Waals surface area contributed by atoms with Gasteiger partial charge in [-0.1, -0.05) is 11.6 Å². The Bertz CT molecular complexity index is 444. The van der Waals surface area contributed by atoms with Crippen molar-refractivity contribution in [2.24, 2.45) is 5.92 Å². The molecule has 0 saturated carbocycles. The van der Waals surface area contributed by atoms with Crippen molar-refractivity contribution in [2.45, 2.75) is 12.8 Å². The van der Waals surface area contributed by atoms with Gasteiger partial charge >= 0.3 is 0 Å². The normalized spacial score (nSPS) is 24.2. The molecule has 15 heavy (non-hydrogen) atoms. The molecule has 2 rings (SSSR count). The van der Waals surface area contributed by atoms with E-state index in [0.717, 1.165) is 12.1 Å². The zero-order valence-corrected chi connectivity index (χ0v) is 9.63. The van der Waals surface area contributed by atoms with E-state index < -0.39 is 9.84 Å². The smallest absolute Gasteiger partial charge is 0.151 e. The predicted octanol–water partition coefficient (Wildman–Crippen LogP) is 1.11. The van der Waals surface area contributed by atoms with E-state index in [2.05, 4.69) is 10.2 Å². The third kappa shape index (κ3) is 2.89. The Hall–Kier alpha value is -0.680. The second-order valence-electron chi connectivity index (χ2n) is 3.82. The maximum Gasteiger partial charge on any atom is 0.151 e. The maximum absolute atomic E-state index is 11.2. The van der Waals surface area contributed by atoms with E-state index >= 15 is 0 Å². The molecule has 0 N–H and O–H groups in total. The third-order valence-electron chi connectivity index (χ3n) is 2.51. The number of sulfone groups is 1. The van der Waals surface area contributed by atoms with Crippen molar-refractivity contribution in [3.8, 4) is 0 Å². The molecule has 0 amide bonds. The Balaban J connectivity index is 2.02. The summed E-state index contributed by atoms with van der Waals surface area (Å²) in [5.74, 6) is 0.765. The van der Waals surface area contributed by atoms with Gasteiger partial charge in [0, 0.05) is 0 Å². The zero-order valence-electron chi connectivity index (χ0n) is 8.06. The number of hydrogen-bond donors (Lipinski definition) is 0. The van der Waals surface area contributed by atoms with E-state index in [4.69, 9.17) is 11.6 Å². The molecule has 1 fully saturated rings. The second-order valence-corrected chi connectivity index (χ2v) is 6.44. The first-order chi connectivity index (χ1) is 7.05. The maximum atomic E-state index is 11.2. The van der Waals surface area contributed by atoms with Gasteiger partial charge in [-0.15, -0.1) is 5.10 Å². The lowest BCUT2D eigenvalue weighted by atomic mass is 10.0. The number of rotatable bonds is 2. The van der Waals surface area contributed by atoms with Crippen molar-refractivity contribution in [3.05, 3.63) is 23.0 Å².